The van der Waals surface area contributed by atoms with Gasteiger partial charge in [-0.2, -0.15) is 0 Å². The van der Waals surface area contributed by atoms with Gasteiger partial charge in [0.25, 0.3) is 0 Å². The molecular weight excluding hydrogens is 396 g/mol. The molecule has 1 atom stereocenters. The first-order chi connectivity index (χ1) is 14.5. The quantitative estimate of drug-likeness (QED) is 0.479. The topological polar surface area (TPSA) is 69.0 Å². The van der Waals surface area contributed by atoms with Crippen molar-refractivity contribution >= 4 is 23.4 Å². The third-order valence-corrected chi connectivity index (χ3v) is 5.85. The van der Waals surface area contributed by atoms with E-state index in [0.29, 0.717) is 0 Å². The fourth-order valence-corrected chi connectivity index (χ4v) is 3.81. The Morgan fingerprint density at radius 3 is 2.47 bits per heavy atom. The summed E-state index contributed by atoms with van der Waals surface area (Å²) < 4.78 is 7.35. The van der Waals surface area contributed by atoms with Crippen molar-refractivity contribution in [2.75, 3.05) is 12.4 Å². The standard InChI is InChI=1S/C23H28N4O2S/c1-5-6-15-27-21(18-9-13-20(29-4)14-10-18)25-26-23(27)30-17(3)22(28)24-19-11-7-16(2)8-12-19/h7-14,17H,5-6,15H2,1-4H3,(H,24,28)/t17-/m1/s1. The number of hydrogen-bond donors (Lipinski definition) is 1. The van der Waals surface area contributed by atoms with E-state index in [0.717, 1.165) is 52.9 Å². The number of ether oxygens (including phenoxy) is 1. The van der Waals surface area contributed by atoms with Crippen molar-refractivity contribution in [2.45, 2.75) is 50.6 Å². The molecule has 7 heteroatoms. The molecule has 0 radical (unpaired) electrons. The minimum Gasteiger partial charge on any atom is -0.497 e. The number of hydrogen-bond acceptors (Lipinski definition) is 5. The van der Waals surface area contributed by atoms with Crippen LogP contribution in [-0.2, 0) is 11.3 Å². The van der Waals surface area contributed by atoms with E-state index in [1.54, 1.807) is 7.11 Å². The molecular formula is C23H28N4O2S. The number of benzene rings is 2. The zero-order valence-corrected chi connectivity index (χ0v) is 18.7. The molecule has 0 saturated carbocycles. The fourth-order valence-electron chi connectivity index (χ4n) is 2.94. The molecule has 6 nitrogen and oxygen atoms in total. The van der Waals surface area contributed by atoms with Crippen LogP contribution in [0, 0.1) is 6.92 Å². The van der Waals surface area contributed by atoms with Crippen LogP contribution >= 0.6 is 11.8 Å². The van der Waals surface area contributed by atoms with Crippen LogP contribution in [0.25, 0.3) is 11.4 Å². The summed E-state index contributed by atoms with van der Waals surface area (Å²) in [6.07, 6.45) is 2.08. The summed E-state index contributed by atoms with van der Waals surface area (Å²) in [4.78, 5) is 12.7. The normalized spacial score (nSPS) is 11.9. The van der Waals surface area contributed by atoms with Crippen LogP contribution in [0.1, 0.15) is 32.3 Å². The number of nitrogens with one attached hydrogen (secondary N) is 1. The first kappa shape index (κ1) is 21.9. The molecule has 1 amide bonds. The zero-order valence-electron chi connectivity index (χ0n) is 17.9. The number of methoxy groups -OCH3 is 1. The van der Waals surface area contributed by atoms with Gasteiger partial charge in [0.15, 0.2) is 11.0 Å². The van der Waals surface area contributed by atoms with Gasteiger partial charge in [-0.3, -0.25) is 4.79 Å². The van der Waals surface area contributed by atoms with Gasteiger partial charge < -0.3 is 14.6 Å². The summed E-state index contributed by atoms with van der Waals surface area (Å²) in [5.74, 6) is 1.55. The Labute approximate surface area is 182 Å². The summed E-state index contributed by atoms with van der Waals surface area (Å²) in [5, 5.41) is 12.2. The van der Waals surface area contributed by atoms with Crippen LogP contribution in [0.4, 0.5) is 5.69 Å². The number of thioether (sulfide) groups is 1. The number of aryl methyl sites for hydroxylation is 1. The zero-order chi connectivity index (χ0) is 21.5. The van der Waals surface area contributed by atoms with E-state index < -0.39 is 0 Å². The van der Waals surface area contributed by atoms with Crippen molar-refractivity contribution in [3.8, 4) is 17.1 Å². The van der Waals surface area contributed by atoms with E-state index in [1.165, 1.54) is 11.8 Å². The molecule has 0 fully saturated rings. The number of anilines is 1. The lowest BCUT2D eigenvalue weighted by molar-refractivity contribution is -0.115. The van der Waals surface area contributed by atoms with Gasteiger partial charge in [-0.1, -0.05) is 42.8 Å². The molecule has 1 N–H and O–H groups in total. The number of aromatic nitrogens is 3. The predicted octanol–water partition coefficient (Wildman–Crippen LogP) is 5.18. The molecule has 30 heavy (non-hydrogen) atoms. The van der Waals surface area contributed by atoms with Crippen LogP contribution < -0.4 is 10.1 Å². The summed E-state index contributed by atoms with van der Waals surface area (Å²) in [6.45, 7) is 6.87. The average Bonchev–Trinajstić information content (AvgIpc) is 3.16. The number of amides is 1. The van der Waals surface area contributed by atoms with E-state index in [9.17, 15) is 4.79 Å². The molecule has 158 valence electrons. The maximum Gasteiger partial charge on any atom is 0.237 e. The summed E-state index contributed by atoms with van der Waals surface area (Å²) in [5.41, 5.74) is 2.93. The van der Waals surface area contributed by atoms with Crippen LogP contribution in [0.15, 0.2) is 53.7 Å². The first-order valence-corrected chi connectivity index (χ1v) is 11.0. The molecule has 0 aliphatic carbocycles. The van der Waals surface area contributed by atoms with Crippen LogP contribution in [0.3, 0.4) is 0 Å². The van der Waals surface area contributed by atoms with Crippen molar-refractivity contribution in [2.24, 2.45) is 0 Å². The van der Waals surface area contributed by atoms with E-state index in [2.05, 4.69) is 27.0 Å². The maximum atomic E-state index is 12.7. The highest BCUT2D eigenvalue weighted by Crippen LogP contribution is 2.29. The Morgan fingerprint density at radius 1 is 1.13 bits per heavy atom. The number of carbonyl (C=O) groups excluding carboxylic acids is 1. The fraction of sp³-hybridized carbons (Fsp3) is 0.348. The van der Waals surface area contributed by atoms with Gasteiger partial charge in [-0.25, -0.2) is 0 Å². The third kappa shape index (κ3) is 5.42. The van der Waals surface area contributed by atoms with Crippen LogP contribution in [-0.4, -0.2) is 33.0 Å². The number of nitrogens with zero attached hydrogens (tertiary/aromatic N) is 3. The Bertz CT molecular complexity index is 968. The average molecular weight is 425 g/mol. The summed E-state index contributed by atoms with van der Waals surface area (Å²) >= 11 is 1.43. The van der Waals surface area contributed by atoms with Crippen molar-refractivity contribution in [3.05, 3.63) is 54.1 Å². The molecule has 1 heterocycles. The second-order valence-electron chi connectivity index (χ2n) is 7.16. The lowest BCUT2D eigenvalue weighted by atomic mass is 10.2. The summed E-state index contributed by atoms with van der Waals surface area (Å²) in [6, 6.07) is 15.6. The van der Waals surface area contributed by atoms with E-state index in [1.807, 2.05) is 62.4 Å². The molecule has 0 bridgehead atoms. The Balaban J connectivity index is 1.77. The highest BCUT2D eigenvalue weighted by atomic mass is 32.2. The Morgan fingerprint density at radius 2 is 1.83 bits per heavy atom. The number of carbonyl (C=O) groups is 1. The van der Waals surface area contributed by atoms with Gasteiger partial charge in [0.1, 0.15) is 5.75 Å². The van der Waals surface area contributed by atoms with Crippen molar-refractivity contribution in [1.29, 1.82) is 0 Å². The lowest BCUT2D eigenvalue weighted by Crippen LogP contribution is -2.23. The smallest absolute Gasteiger partial charge is 0.237 e. The molecule has 0 saturated heterocycles. The van der Waals surface area contributed by atoms with Crippen molar-refractivity contribution in [3.63, 3.8) is 0 Å². The molecule has 0 unspecified atom stereocenters. The highest BCUT2D eigenvalue weighted by molar-refractivity contribution is 8.00. The van der Waals surface area contributed by atoms with Gasteiger partial charge in [-0.15, -0.1) is 10.2 Å². The molecule has 3 aromatic rings. The number of rotatable bonds is 9. The van der Waals surface area contributed by atoms with E-state index in [-0.39, 0.29) is 11.2 Å². The maximum absolute atomic E-state index is 12.7. The van der Waals surface area contributed by atoms with Gasteiger partial charge in [0.05, 0.1) is 12.4 Å². The van der Waals surface area contributed by atoms with Gasteiger partial charge in [0, 0.05) is 17.8 Å². The van der Waals surface area contributed by atoms with Crippen molar-refractivity contribution in [1.82, 2.24) is 14.8 Å². The Kier molecular flexibility index (Phi) is 7.52. The third-order valence-electron chi connectivity index (χ3n) is 4.77. The SMILES string of the molecule is CCCCn1c(S[C@H](C)C(=O)Nc2ccc(C)cc2)nnc1-c1ccc(OC)cc1. The van der Waals surface area contributed by atoms with Crippen LogP contribution in [0.2, 0.25) is 0 Å². The lowest BCUT2D eigenvalue weighted by Gasteiger charge is -2.14. The van der Waals surface area contributed by atoms with E-state index >= 15 is 0 Å². The molecule has 0 aliphatic heterocycles. The highest BCUT2D eigenvalue weighted by Gasteiger charge is 2.21. The number of unbranched alkanes of at least 4 members (excludes halogenated alkanes) is 1. The second-order valence-corrected chi connectivity index (χ2v) is 8.46. The van der Waals surface area contributed by atoms with Crippen LogP contribution in [0.5, 0.6) is 5.75 Å². The van der Waals surface area contributed by atoms with Crippen molar-refractivity contribution < 1.29 is 9.53 Å². The molecule has 3 rings (SSSR count). The minimum absolute atomic E-state index is 0.0557. The van der Waals surface area contributed by atoms with Gasteiger partial charge >= 0.3 is 0 Å². The first-order valence-electron chi connectivity index (χ1n) is 10.1. The van der Waals surface area contributed by atoms with E-state index in [4.69, 9.17) is 4.74 Å². The molecule has 1 aromatic heterocycles. The molecule has 2 aromatic carbocycles. The Hall–Kier alpha value is -2.80. The molecule has 0 aliphatic rings. The monoisotopic (exact) mass is 424 g/mol. The minimum atomic E-state index is -0.306. The second kappa shape index (κ2) is 10.3. The van der Waals surface area contributed by atoms with Gasteiger partial charge in [0.2, 0.25) is 5.91 Å². The predicted molar refractivity (Wildman–Crippen MR) is 122 cm³/mol. The molecule has 0 spiro atoms. The largest absolute Gasteiger partial charge is 0.497 e. The van der Waals surface area contributed by atoms with Gasteiger partial charge in [-0.05, 0) is 56.7 Å². The summed E-state index contributed by atoms with van der Waals surface area (Å²) in [7, 11) is 1.65.